The van der Waals surface area contributed by atoms with Gasteiger partial charge in [0.2, 0.25) is 0 Å². The molecule has 0 radical (unpaired) electrons. The largest absolute Gasteiger partial charge is 0.328 e. The van der Waals surface area contributed by atoms with E-state index in [1.165, 1.54) is 30.5 Å². The summed E-state index contributed by atoms with van der Waals surface area (Å²) in [6.07, 6.45) is 10.0. The maximum absolute atomic E-state index is 5.69. The number of aromatic amines is 1. The van der Waals surface area contributed by atoms with Gasteiger partial charge >= 0.3 is 0 Å². The highest BCUT2D eigenvalue weighted by atomic mass is 15.1. The number of aryl methyl sites for hydroxylation is 1. The number of fused-ring (bicyclic) bond motifs is 1. The zero-order valence-electron chi connectivity index (χ0n) is 9.29. The van der Waals surface area contributed by atoms with Crippen molar-refractivity contribution in [1.29, 1.82) is 0 Å². The normalized spacial score (nSPS) is 18.0. The molecule has 15 heavy (non-hydrogen) atoms. The van der Waals surface area contributed by atoms with Gasteiger partial charge in [0, 0.05) is 17.3 Å². The predicted molar refractivity (Wildman–Crippen MR) is 62.5 cm³/mol. The van der Waals surface area contributed by atoms with Gasteiger partial charge in [-0.1, -0.05) is 6.08 Å². The maximum Gasteiger partial charge on any atom is 0.0880 e. The monoisotopic (exact) mass is 205 g/mol. The topological polar surface area (TPSA) is 54.7 Å². The summed E-state index contributed by atoms with van der Waals surface area (Å²) in [6.45, 7) is 2.02. The molecule has 0 fully saturated rings. The molecule has 0 aromatic carbocycles. The van der Waals surface area contributed by atoms with Gasteiger partial charge in [0.05, 0.1) is 5.69 Å². The summed E-state index contributed by atoms with van der Waals surface area (Å²) < 4.78 is 0. The molecule has 0 saturated carbocycles. The summed E-state index contributed by atoms with van der Waals surface area (Å²) in [5.74, 6) is 0. The molecule has 3 nitrogen and oxygen atoms in total. The maximum atomic E-state index is 5.69. The number of aromatic nitrogens is 2. The van der Waals surface area contributed by atoms with Gasteiger partial charge in [-0.2, -0.15) is 5.10 Å². The Morgan fingerprint density at radius 3 is 3.07 bits per heavy atom. The van der Waals surface area contributed by atoms with Gasteiger partial charge in [-0.25, -0.2) is 0 Å². The van der Waals surface area contributed by atoms with E-state index in [1.54, 1.807) is 0 Å². The van der Waals surface area contributed by atoms with E-state index >= 15 is 0 Å². The van der Waals surface area contributed by atoms with Crippen LogP contribution in [0.1, 0.15) is 43.1 Å². The quantitative estimate of drug-likeness (QED) is 0.793. The van der Waals surface area contributed by atoms with E-state index in [9.17, 15) is 0 Å². The third kappa shape index (κ3) is 2.48. The third-order valence-corrected chi connectivity index (χ3v) is 2.87. The van der Waals surface area contributed by atoms with Crippen molar-refractivity contribution in [2.75, 3.05) is 0 Å². The first kappa shape index (κ1) is 10.4. The number of nitrogens with zero attached hydrogens (tertiary/aromatic N) is 1. The van der Waals surface area contributed by atoms with Crippen LogP contribution < -0.4 is 5.73 Å². The highest BCUT2D eigenvalue weighted by Gasteiger charge is 2.14. The van der Waals surface area contributed by atoms with Crippen molar-refractivity contribution < 1.29 is 0 Å². The number of H-pyrrole nitrogens is 1. The molecular weight excluding hydrogens is 186 g/mol. The molecule has 1 atom stereocenters. The molecular formula is C12H19N3. The molecule has 1 aromatic rings. The van der Waals surface area contributed by atoms with Crippen LogP contribution in [-0.4, -0.2) is 16.2 Å². The Bertz CT molecular complexity index is 350. The van der Waals surface area contributed by atoms with Crippen LogP contribution in [0.25, 0.3) is 6.08 Å². The molecule has 1 heterocycles. The van der Waals surface area contributed by atoms with Gasteiger partial charge < -0.3 is 5.73 Å². The van der Waals surface area contributed by atoms with Crippen molar-refractivity contribution in [3.63, 3.8) is 0 Å². The lowest BCUT2D eigenvalue weighted by molar-refractivity contribution is 0.674. The second kappa shape index (κ2) is 4.62. The summed E-state index contributed by atoms with van der Waals surface area (Å²) in [5.41, 5.74) is 9.56. The van der Waals surface area contributed by atoms with Gasteiger partial charge in [0.25, 0.3) is 0 Å². The Balaban J connectivity index is 2.08. The molecule has 1 aliphatic rings. The summed E-state index contributed by atoms with van der Waals surface area (Å²) >= 11 is 0. The number of nitrogens with two attached hydrogens (primary N) is 1. The fraction of sp³-hybridized carbons (Fsp3) is 0.583. The smallest absolute Gasteiger partial charge is 0.0880 e. The van der Waals surface area contributed by atoms with Crippen LogP contribution in [0.4, 0.5) is 0 Å². The van der Waals surface area contributed by atoms with E-state index in [0.29, 0.717) is 0 Å². The van der Waals surface area contributed by atoms with Crippen LogP contribution >= 0.6 is 0 Å². The second-order valence-corrected chi connectivity index (χ2v) is 4.39. The molecule has 0 spiro atoms. The first-order chi connectivity index (χ1) is 7.27. The first-order valence-corrected chi connectivity index (χ1v) is 5.75. The molecule has 1 aromatic heterocycles. The zero-order valence-corrected chi connectivity index (χ0v) is 9.29. The van der Waals surface area contributed by atoms with Crippen molar-refractivity contribution in [2.45, 2.75) is 45.1 Å². The summed E-state index contributed by atoms with van der Waals surface area (Å²) in [4.78, 5) is 0. The number of rotatable bonds is 3. The van der Waals surface area contributed by atoms with Crippen molar-refractivity contribution >= 4 is 6.08 Å². The molecule has 3 heteroatoms. The van der Waals surface area contributed by atoms with Crippen LogP contribution in [0.3, 0.4) is 0 Å². The van der Waals surface area contributed by atoms with Gasteiger partial charge in [0.1, 0.15) is 0 Å². The molecule has 82 valence electrons. The van der Waals surface area contributed by atoms with E-state index in [2.05, 4.69) is 22.3 Å². The average Bonchev–Trinajstić information content (AvgIpc) is 2.62. The van der Waals surface area contributed by atoms with E-state index in [1.807, 2.05) is 6.92 Å². The molecule has 1 aliphatic carbocycles. The van der Waals surface area contributed by atoms with Crippen LogP contribution in [0, 0.1) is 0 Å². The number of hydrogen-bond acceptors (Lipinski definition) is 2. The molecule has 0 saturated heterocycles. The highest BCUT2D eigenvalue weighted by molar-refractivity contribution is 5.51. The van der Waals surface area contributed by atoms with E-state index < -0.39 is 0 Å². The minimum atomic E-state index is 0.232. The lowest BCUT2D eigenvalue weighted by Crippen LogP contribution is -2.12. The Labute approximate surface area is 90.8 Å². The Kier molecular flexibility index (Phi) is 3.21. The lowest BCUT2D eigenvalue weighted by atomic mass is 9.96. The number of hydrogen-bond donors (Lipinski definition) is 2. The standard InChI is InChI=1S/C12H19N3/c1-9(13)5-4-8-12-10-6-2-3-7-11(10)14-15-12/h4,8-9H,2-3,5-7,13H2,1H3,(H,14,15)/b8-4+/t9-/m0/s1. The minimum absolute atomic E-state index is 0.232. The Morgan fingerprint density at radius 1 is 1.47 bits per heavy atom. The molecule has 0 bridgehead atoms. The van der Waals surface area contributed by atoms with Gasteiger partial charge in [-0.15, -0.1) is 0 Å². The average molecular weight is 205 g/mol. The number of nitrogens with one attached hydrogen (secondary N) is 1. The van der Waals surface area contributed by atoms with Gasteiger partial charge in [0.15, 0.2) is 0 Å². The minimum Gasteiger partial charge on any atom is -0.328 e. The first-order valence-electron chi connectivity index (χ1n) is 5.75. The van der Waals surface area contributed by atoms with Crippen LogP contribution in [-0.2, 0) is 12.8 Å². The van der Waals surface area contributed by atoms with E-state index in [4.69, 9.17) is 5.73 Å². The van der Waals surface area contributed by atoms with Gasteiger partial charge in [-0.3, -0.25) is 5.10 Å². The summed E-state index contributed by atoms with van der Waals surface area (Å²) in [5, 5.41) is 7.47. The van der Waals surface area contributed by atoms with E-state index in [-0.39, 0.29) is 6.04 Å². The fourth-order valence-corrected chi connectivity index (χ4v) is 2.04. The molecule has 0 aliphatic heterocycles. The summed E-state index contributed by atoms with van der Waals surface area (Å²) in [7, 11) is 0. The van der Waals surface area contributed by atoms with Crippen molar-refractivity contribution in [2.24, 2.45) is 5.73 Å². The second-order valence-electron chi connectivity index (χ2n) is 4.39. The van der Waals surface area contributed by atoms with Crippen molar-refractivity contribution in [3.05, 3.63) is 23.0 Å². The predicted octanol–water partition coefficient (Wildman–Crippen LogP) is 2.04. The van der Waals surface area contributed by atoms with Gasteiger partial charge in [-0.05, 0) is 45.1 Å². The van der Waals surface area contributed by atoms with Crippen LogP contribution in [0.15, 0.2) is 6.08 Å². The van der Waals surface area contributed by atoms with Crippen molar-refractivity contribution in [1.82, 2.24) is 10.2 Å². The van der Waals surface area contributed by atoms with Crippen molar-refractivity contribution in [3.8, 4) is 0 Å². The summed E-state index contributed by atoms with van der Waals surface area (Å²) in [6, 6.07) is 0.232. The zero-order chi connectivity index (χ0) is 10.7. The molecule has 2 rings (SSSR count). The molecule has 0 unspecified atom stereocenters. The van der Waals surface area contributed by atoms with E-state index in [0.717, 1.165) is 18.5 Å². The Hall–Kier alpha value is -1.09. The third-order valence-electron chi connectivity index (χ3n) is 2.87. The van der Waals surface area contributed by atoms with Crippen LogP contribution in [0.2, 0.25) is 0 Å². The Morgan fingerprint density at radius 2 is 2.27 bits per heavy atom. The highest BCUT2D eigenvalue weighted by Crippen LogP contribution is 2.22. The SMILES string of the molecule is C[C@H](N)C/C=C/c1n[nH]c2c1CCCC2. The van der Waals surface area contributed by atoms with Crippen LogP contribution in [0.5, 0.6) is 0 Å². The molecule has 3 N–H and O–H groups in total. The molecule has 0 amide bonds. The lowest BCUT2D eigenvalue weighted by Gasteiger charge is -2.09. The fourth-order valence-electron chi connectivity index (χ4n) is 2.04.